The molecule has 19 heavy (non-hydrogen) atoms. The van der Waals surface area contributed by atoms with Gasteiger partial charge in [-0.25, -0.2) is 0 Å². The Morgan fingerprint density at radius 2 is 2.00 bits per heavy atom. The number of Topliss-reactive ketones (excluding diaryl/α,β-unsaturated/α-hetero) is 1. The van der Waals surface area contributed by atoms with Crippen LogP contribution >= 0.6 is 38.5 Å². The monoisotopic (exact) mass is 426 g/mol. The third kappa shape index (κ3) is 3.19. The molecule has 0 bridgehead atoms. The lowest BCUT2D eigenvalue weighted by Crippen LogP contribution is -2.12. The van der Waals surface area contributed by atoms with Crippen LogP contribution in [0.5, 0.6) is 0 Å². The number of carbonyl (C=O) groups is 1. The molecule has 0 spiro atoms. The molecule has 2 rings (SSSR count). The minimum Gasteiger partial charge on any atom is -0.292 e. The van der Waals surface area contributed by atoms with Gasteiger partial charge in [0, 0.05) is 26.0 Å². The molecule has 1 unspecified atom stereocenters. The summed E-state index contributed by atoms with van der Waals surface area (Å²) >= 11 is 5.44. The van der Waals surface area contributed by atoms with Crippen molar-refractivity contribution in [2.24, 2.45) is 0 Å². The average molecular weight is 427 g/mol. The van der Waals surface area contributed by atoms with Crippen molar-refractivity contribution in [3.05, 3.63) is 61.9 Å². The minimum atomic E-state index is -0.800. The predicted molar refractivity (Wildman–Crippen MR) is 83.8 cm³/mol. The molecule has 0 aliphatic heterocycles. The zero-order chi connectivity index (χ0) is 13.8. The van der Waals surface area contributed by atoms with Crippen LogP contribution in [0.3, 0.4) is 0 Å². The summed E-state index contributed by atoms with van der Waals surface area (Å²) in [5, 5.41) is 9.27. The summed E-state index contributed by atoms with van der Waals surface area (Å²) in [6, 6.07) is 10.9. The molecule has 0 N–H and O–H groups in total. The second-order valence-electron chi connectivity index (χ2n) is 3.83. The van der Waals surface area contributed by atoms with Crippen molar-refractivity contribution in [1.82, 2.24) is 4.98 Å². The van der Waals surface area contributed by atoms with Gasteiger partial charge >= 0.3 is 0 Å². The molecule has 2 aromatic rings. The first-order valence-corrected chi connectivity index (χ1v) is 7.29. The lowest BCUT2D eigenvalue weighted by Gasteiger charge is -2.10. The van der Waals surface area contributed by atoms with E-state index in [1.807, 2.05) is 12.1 Å². The van der Waals surface area contributed by atoms with Crippen molar-refractivity contribution in [3.8, 4) is 6.07 Å². The number of benzene rings is 1. The topological polar surface area (TPSA) is 53.8 Å². The molecule has 5 heteroatoms. The normalized spacial score (nSPS) is 11.6. The van der Waals surface area contributed by atoms with Gasteiger partial charge in [0.05, 0.1) is 6.07 Å². The van der Waals surface area contributed by atoms with Crippen molar-refractivity contribution in [2.45, 2.75) is 5.92 Å². The first kappa shape index (κ1) is 14.2. The molecule has 0 radical (unpaired) electrons. The van der Waals surface area contributed by atoms with Crippen LogP contribution in [-0.2, 0) is 0 Å². The summed E-state index contributed by atoms with van der Waals surface area (Å²) < 4.78 is 1.66. The molecular weight excluding hydrogens is 419 g/mol. The van der Waals surface area contributed by atoms with Crippen LogP contribution in [0, 0.1) is 14.9 Å². The summed E-state index contributed by atoms with van der Waals surface area (Å²) in [4.78, 5) is 16.4. The van der Waals surface area contributed by atoms with Crippen molar-refractivity contribution < 1.29 is 4.79 Å². The predicted octanol–water partition coefficient (Wildman–Crippen LogP) is 3.94. The molecule has 0 aliphatic carbocycles. The number of hydrogen-bond donors (Lipinski definition) is 0. The van der Waals surface area contributed by atoms with E-state index < -0.39 is 5.92 Å². The zero-order valence-corrected chi connectivity index (χ0v) is 13.4. The minimum absolute atomic E-state index is 0.195. The van der Waals surface area contributed by atoms with E-state index in [0.29, 0.717) is 11.1 Å². The van der Waals surface area contributed by atoms with Crippen LogP contribution in [0.4, 0.5) is 0 Å². The summed E-state index contributed by atoms with van der Waals surface area (Å²) in [6.45, 7) is 0. The van der Waals surface area contributed by atoms with Gasteiger partial charge in [0.2, 0.25) is 0 Å². The number of nitriles is 1. The number of pyridine rings is 1. The molecule has 1 atom stereocenters. The number of hydrogen-bond acceptors (Lipinski definition) is 3. The molecular formula is C14H8BrIN2O. The molecule has 94 valence electrons. The standard InChI is InChI=1S/C14H8BrIN2O/c15-10-1-2-13(16)11(7-10)14(19)12(8-17)9-3-5-18-6-4-9/h1-7,12H. The fourth-order valence-corrected chi connectivity index (χ4v) is 2.64. The summed E-state index contributed by atoms with van der Waals surface area (Å²) in [7, 11) is 0. The van der Waals surface area contributed by atoms with E-state index in [1.54, 1.807) is 30.6 Å². The maximum atomic E-state index is 12.5. The average Bonchev–Trinajstić information content (AvgIpc) is 2.43. The molecule has 0 amide bonds. The number of ketones is 1. The number of rotatable bonds is 3. The maximum Gasteiger partial charge on any atom is 0.185 e. The van der Waals surface area contributed by atoms with Gasteiger partial charge in [-0.05, 0) is 58.5 Å². The van der Waals surface area contributed by atoms with Crippen LogP contribution in [-0.4, -0.2) is 10.8 Å². The molecule has 0 fully saturated rings. The summed E-state index contributed by atoms with van der Waals surface area (Å²) in [5.41, 5.74) is 1.22. The fourth-order valence-electron chi connectivity index (χ4n) is 1.68. The Morgan fingerprint density at radius 3 is 2.63 bits per heavy atom. The van der Waals surface area contributed by atoms with E-state index in [-0.39, 0.29) is 5.78 Å². The van der Waals surface area contributed by atoms with E-state index in [2.05, 4.69) is 49.6 Å². The highest BCUT2D eigenvalue weighted by Gasteiger charge is 2.23. The molecule has 3 nitrogen and oxygen atoms in total. The lowest BCUT2D eigenvalue weighted by molar-refractivity contribution is 0.0978. The summed E-state index contributed by atoms with van der Waals surface area (Å²) in [6.07, 6.45) is 3.16. The Hall–Kier alpha value is -1.26. The second kappa shape index (κ2) is 6.26. The lowest BCUT2D eigenvalue weighted by atomic mass is 9.92. The highest BCUT2D eigenvalue weighted by Crippen LogP contribution is 2.25. The molecule has 1 heterocycles. The SMILES string of the molecule is N#CC(C(=O)c1cc(Br)ccc1I)c1ccncc1. The Kier molecular flexibility index (Phi) is 4.66. The summed E-state index contributed by atoms with van der Waals surface area (Å²) in [5.74, 6) is -0.995. The van der Waals surface area contributed by atoms with Gasteiger partial charge < -0.3 is 0 Å². The van der Waals surface area contributed by atoms with Gasteiger partial charge in [-0.1, -0.05) is 15.9 Å². The highest BCUT2D eigenvalue weighted by atomic mass is 127. The number of aromatic nitrogens is 1. The van der Waals surface area contributed by atoms with E-state index in [1.165, 1.54) is 0 Å². The van der Waals surface area contributed by atoms with Gasteiger partial charge in [0.15, 0.2) is 5.78 Å². The van der Waals surface area contributed by atoms with Crippen molar-refractivity contribution in [3.63, 3.8) is 0 Å². The van der Waals surface area contributed by atoms with Crippen LogP contribution < -0.4 is 0 Å². The first-order chi connectivity index (χ1) is 9.13. The van der Waals surface area contributed by atoms with Crippen molar-refractivity contribution in [1.29, 1.82) is 5.26 Å². The molecule has 1 aromatic carbocycles. The molecule has 1 aromatic heterocycles. The number of halogens is 2. The second-order valence-corrected chi connectivity index (χ2v) is 5.91. The van der Waals surface area contributed by atoms with Gasteiger partial charge in [-0.15, -0.1) is 0 Å². The van der Waals surface area contributed by atoms with E-state index in [9.17, 15) is 10.1 Å². The molecule has 0 saturated carbocycles. The van der Waals surface area contributed by atoms with Crippen LogP contribution in [0.15, 0.2) is 47.2 Å². The largest absolute Gasteiger partial charge is 0.292 e. The quantitative estimate of drug-likeness (QED) is 0.551. The van der Waals surface area contributed by atoms with Crippen LogP contribution in [0.1, 0.15) is 21.8 Å². The zero-order valence-electron chi connectivity index (χ0n) is 9.68. The Labute approximate surface area is 132 Å². The maximum absolute atomic E-state index is 12.5. The Morgan fingerprint density at radius 1 is 1.32 bits per heavy atom. The van der Waals surface area contributed by atoms with Crippen LogP contribution in [0.2, 0.25) is 0 Å². The first-order valence-electron chi connectivity index (χ1n) is 5.42. The van der Waals surface area contributed by atoms with E-state index in [0.717, 1.165) is 8.04 Å². The Bertz CT molecular complexity index is 652. The third-order valence-electron chi connectivity index (χ3n) is 2.62. The highest BCUT2D eigenvalue weighted by molar-refractivity contribution is 14.1. The third-order valence-corrected chi connectivity index (χ3v) is 4.06. The van der Waals surface area contributed by atoms with E-state index in [4.69, 9.17) is 0 Å². The van der Waals surface area contributed by atoms with Crippen molar-refractivity contribution in [2.75, 3.05) is 0 Å². The van der Waals surface area contributed by atoms with Crippen LogP contribution in [0.25, 0.3) is 0 Å². The molecule has 0 saturated heterocycles. The van der Waals surface area contributed by atoms with E-state index >= 15 is 0 Å². The molecule has 0 aliphatic rings. The van der Waals surface area contributed by atoms with Gasteiger partial charge in [-0.3, -0.25) is 9.78 Å². The number of carbonyl (C=O) groups excluding carboxylic acids is 1. The van der Waals surface area contributed by atoms with Gasteiger partial charge in [0.25, 0.3) is 0 Å². The number of nitrogens with zero attached hydrogens (tertiary/aromatic N) is 2. The van der Waals surface area contributed by atoms with Gasteiger partial charge in [-0.2, -0.15) is 5.26 Å². The Balaban J connectivity index is 2.43. The van der Waals surface area contributed by atoms with Gasteiger partial charge in [0.1, 0.15) is 5.92 Å². The van der Waals surface area contributed by atoms with Crippen molar-refractivity contribution >= 4 is 44.3 Å². The smallest absolute Gasteiger partial charge is 0.185 e. The fraction of sp³-hybridized carbons (Fsp3) is 0.0714.